The summed E-state index contributed by atoms with van der Waals surface area (Å²) in [5.41, 5.74) is -2.28. The summed E-state index contributed by atoms with van der Waals surface area (Å²) in [5.74, 6) is -2.66. The van der Waals surface area contributed by atoms with E-state index in [0.29, 0.717) is 19.5 Å². The smallest absolute Gasteiger partial charge is 0.409 e. The summed E-state index contributed by atoms with van der Waals surface area (Å²) in [6, 6.07) is 1.25. The van der Waals surface area contributed by atoms with E-state index >= 15 is 0 Å². The molecule has 2 rings (SSSR count). The van der Waals surface area contributed by atoms with Crippen LogP contribution in [0.3, 0.4) is 0 Å². The van der Waals surface area contributed by atoms with E-state index in [1.807, 2.05) is 13.0 Å². The van der Waals surface area contributed by atoms with Crippen LogP contribution in [0.1, 0.15) is 30.3 Å². The van der Waals surface area contributed by atoms with Crippen LogP contribution in [0.2, 0.25) is 0 Å². The number of carboxylic acid groups (broad SMARTS) is 1. The minimum Gasteiger partial charge on any atom is -0.478 e. The number of ether oxygens (including phenoxy) is 2. The summed E-state index contributed by atoms with van der Waals surface area (Å²) in [4.78, 5) is 36.5. The highest BCUT2D eigenvalue weighted by molar-refractivity contribution is 5.96. The van der Waals surface area contributed by atoms with Gasteiger partial charge in [0.15, 0.2) is 0 Å². The summed E-state index contributed by atoms with van der Waals surface area (Å²) in [6.45, 7) is 2.63. The van der Waals surface area contributed by atoms with Gasteiger partial charge in [0.1, 0.15) is 6.29 Å². The normalized spacial score (nSPS) is 17.3. The van der Waals surface area contributed by atoms with Crippen molar-refractivity contribution in [3.63, 3.8) is 0 Å². The highest BCUT2D eigenvalue weighted by Gasteiger charge is 2.43. The molecular weight excluding hydrogens is 412 g/mol. The van der Waals surface area contributed by atoms with Gasteiger partial charge in [-0.1, -0.05) is 24.6 Å². The molecule has 0 bridgehead atoms. The fourth-order valence-electron chi connectivity index (χ4n) is 2.48. The molecule has 0 radical (unpaired) electrons. The Labute approximate surface area is 178 Å². The van der Waals surface area contributed by atoms with E-state index in [9.17, 15) is 19.5 Å². The third-order valence-electron chi connectivity index (χ3n) is 4.13. The number of hydrogen-bond acceptors (Lipinski definition) is 10. The molecule has 0 aliphatic carbocycles. The molecule has 0 spiro atoms. The second-order valence-electron chi connectivity index (χ2n) is 6.57. The molecule has 1 aromatic rings. The number of unbranched alkanes of at least 4 members (excludes halogenated alkanes) is 1. The predicted molar refractivity (Wildman–Crippen MR) is 107 cm³/mol. The quantitative estimate of drug-likeness (QED) is 0.169. The number of nitrogens with zero attached hydrogens (tertiary/aromatic N) is 1. The topological polar surface area (TPSA) is 176 Å². The zero-order valence-electron chi connectivity index (χ0n) is 17.2. The lowest BCUT2D eigenvalue weighted by molar-refractivity contribution is -0.149. The van der Waals surface area contributed by atoms with E-state index in [1.54, 1.807) is 6.20 Å². The zero-order chi connectivity index (χ0) is 22.5. The van der Waals surface area contributed by atoms with Crippen LogP contribution in [0.15, 0.2) is 29.1 Å². The SMILES string of the molecule is CCCCOC(=O)NC(COCCNC1NC=CCN1)(NC(=O)c1ccno1)C(=O)O. The Bertz CT molecular complexity index is 742. The first-order valence-corrected chi connectivity index (χ1v) is 9.84. The predicted octanol–water partition coefficient (Wildman–Crippen LogP) is -0.692. The van der Waals surface area contributed by atoms with E-state index < -0.39 is 30.2 Å². The van der Waals surface area contributed by atoms with Crippen molar-refractivity contribution in [2.75, 3.05) is 32.9 Å². The van der Waals surface area contributed by atoms with Gasteiger partial charge in [-0.15, -0.1) is 0 Å². The molecule has 1 aliphatic rings. The average Bonchev–Trinajstić information content (AvgIpc) is 3.29. The minimum atomic E-state index is -2.28. The van der Waals surface area contributed by atoms with Crippen LogP contribution in [0.5, 0.6) is 0 Å². The summed E-state index contributed by atoms with van der Waals surface area (Å²) in [7, 11) is 0. The standard InChI is InChI=1S/C18H28N6O7/c1-2-3-10-30-17(28)24-18(15(26)27,23-14(25)13-5-8-22-31-13)12-29-11-9-21-16-19-6-4-7-20-16/h4-6,8,16,19-21H,2-3,7,9-12H2,1H3,(H,23,25)(H,24,28)(H,26,27). The zero-order valence-corrected chi connectivity index (χ0v) is 17.2. The van der Waals surface area contributed by atoms with Gasteiger partial charge in [0.2, 0.25) is 11.4 Å². The summed E-state index contributed by atoms with van der Waals surface area (Å²) in [5, 5.41) is 26.9. The number of carboxylic acids is 1. The molecule has 31 heavy (non-hydrogen) atoms. The average molecular weight is 440 g/mol. The lowest BCUT2D eigenvalue weighted by atomic mass is 10.1. The summed E-state index contributed by atoms with van der Waals surface area (Å²) >= 11 is 0. The number of nitrogens with one attached hydrogen (secondary N) is 5. The molecule has 1 aliphatic heterocycles. The maximum absolute atomic E-state index is 12.4. The Kier molecular flexibility index (Phi) is 9.74. The van der Waals surface area contributed by atoms with E-state index in [2.05, 4.69) is 31.7 Å². The Hall–Kier alpha value is -3.16. The Balaban J connectivity index is 1.97. The number of carbonyl (C=O) groups excluding carboxylic acids is 2. The van der Waals surface area contributed by atoms with Crippen LogP contribution in [0.4, 0.5) is 4.79 Å². The van der Waals surface area contributed by atoms with E-state index in [0.717, 1.165) is 6.42 Å². The van der Waals surface area contributed by atoms with Crippen molar-refractivity contribution in [1.82, 2.24) is 31.7 Å². The molecule has 0 fully saturated rings. The van der Waals surface area contributed by atoms with Gasteiger partial charge in [0, 0.05) is 19.2 Å². The Morgan fingerprint density at radius 3 is 2.84 bits per heavy atom. The number of aliphatic carboxylic acids is 1. The number of amides is 2. The van der Waals surface area contributed by atoms with Crippen LogP contribution in [0, 0.1) is 0 Å². The second kappa shape index (κ2) is 12.5. The molecule has 2 unspecified atom stereocenters. The second-order valence-corrected chi connectivity index (χ2v) is 6.57. The van der Waals surface area contributed by atoms with E-state index in [4.69, 9.17) is 14.0 Å². The molecule has 2 heterocycles. The lowest BCUT2D eigenvalue weighted by Crippen LogP contribution is -2.68. The molecule has 6 N–H and O–H groups in total. The largest absolute Gasteiger partial charge is 0.478 e. The van der Waals surface area contributed by atoms with Crippen molar-refractivity contribution in [1.29, 1.82) is 0 Å². The molecule has 0 saturated heterocycles. The third-order valence-corrected chi connectivity index (χ3v) is 4.13. The third kappa shape index (κ3) is 7.88. The van der Waals surface area contributed by atoms with Crippen molar-refractivity contribution < 1.29 is 33.5 Å². The fourth-order valence-corrected chi connectivity index (χ4v) is 2.48. The van der Waals surface area contributed by atoms with Gasteiger partial charge >= 0.3 is 12.1 Å². The minimum absolute atomic E-state index is 0.101. The van der Waals surface area contributed by atoms with Crippen molar-refractivity contribution >= 4 is 18.0 Å². The fraction of sp³-hybridized carbons (Fsp3) is 0.556. The van der Waals surface area contributed by atoms with Gasteiger partial charge in [-0.3, -0.25) is 20.7 Å². The monoisotopic (exact) mass is 440 g/mol. The van der Waals surface area contributed by atoms with Gasteiger partial charge in [-0.25, -0.2) is 9.59 Å². The maximum Gasteiger partial charge on any atom is 0.409 e. The van der Waals surface area contributed by atoms with Crippen LogP contribution >= 0.6 is 0 Å². The lowest BCUT2D eigenvalue weighted by Gasteiger charge is -2.30. The van der Waals surface area contributed by atoms with Gasteiger partial charge in [0.05, 0.1) is 26.0 Å². The number of rotatable bonds is 13. The van der Waals surface area contributed by atoms with Gasteiger partial charge in [-0.05, 0) is 12.6 Å². The first-order chi connectivity index (χ1) is 15.0. The molecule has 2 amide bonds. The molecule has 13 nitrogen and oxygen atoms in total. The van der Waals surface area contributed by atoms with Crippen molar-refractivity contribution in [2.24, 2.45) is 0 Å². The number of hydrogen-bond donors (Lipinski definition) is 6. The van der Waals surface area contributed by atoms with Crippen LogP contribution < -0.4 is 26.6 Å². The van der Waals surface area contributed by atoms with Crippen molar-refractivity contribution in [2.45, 2.75) is 31.7 Å². The van der Waals surface area contributed by atoms with Gasteiger partial charge < -0.3 is 29.7 Å². The van der Waals surface area contributed by atoms with E-state index in [1.165, 1.54) is 12.3 Å². The first kappa shape index (κ1) is 24.1. The molecule has 0 aromatic carbocycles. The van der Waals surface area contributed by atoms with Gasteiger partial charge in [-0.2, -0.15) is 0 Å². The van der Waals surface area contributed by atoms with Crippen molar-refractivity contribution in [3.05, 3.63) is 30.3 Å². The van der Waals surface area contributed by atoms with Crippen LogP contribution in [-0.2, 0) is 14.3 Å². The molecule has 0 saturated carbocycles. The Morgan fingerprint density at radius 1 is 1.35 bits per heavy atom. The van der Waals surface area contributed by atoms with Crippen LogP contribution in [-0.4, -0.2) is 73.1 Å². The number of aromatic nitrogens is 1. The van der Waals surface area contributed by atoms with Gasteiger partial charge in [0.25, 0.3) is 5.91 Å². The molecule has 172 valence electrons. The number of alkyl carbamates (subject to hydrolysis) is 1. The maximum atomic E-state index is 12.4. The molecule has 13 heteroatoms. The van der Waals surface area contributed by atoms with E-state index in [-0.39, 0.29) is 25.3 Å². The number of carbonyl (C=O) groups is 3. The molecule has 2 atom stereocenters. The summed E-state index contributed by atoms with van der Waals surface area (Å²) < 4.78 is 15.2. The van der Waals surface area contributed by atoms with Crippen molar-refractivity contribution in [3.8, 4) is 0 Å². The molecular formula is C18H28N6O7. The molecule has 1 aromatic heterocycles. The van der Waals surface area contributed by atoms with Crippen LogP contribution in [0.25, 0.3) is 0 Å². The highest BCUT2D eigenvalue weighted by atomic mass is 16.6. The summed E-state index contributed by atoms with van der Waals surface area (Å²) in [6.07, 6.45) is 5.19. The highest BCUT2D eigenvalue weighted by Crippen LogP contribution is 2.07. The first-order valence-electron chi connectivity index (χ1n) is 9.84. The Morgan fingerprint density at radius 2 is 2.19 bits per heavy atom.